The minimum atomic E-state index is -0.198. The Bertz CT molecular complexity index is 717. The van der Waals surface area contributed by atoms with E-state index in [4.69, 9.17) is 12.2 Å². The molecule has 0 aliphatic carbocycles. The van der Waals surface area contributed by atoms with E-state index in [-0.39, 0.29) is 23.2 Å². The Morgan fingerprint density at radius 2 is 1.92 bits per heavy atom. The molecule has 1 atom stereocenters. The molecule has 5 heteroatoms. The Morgan fingerprint density at radius 3 is 2.58 bits per heavy atom. The molecule has 0 spiro atoms. The van der Waals surface area contributed by atoms with E-state index in [1.165, 1.54) is 0 Å². The van der Waals surface area contributed by atoms with E-state index in [9.17, 15) is 9.90 Å². The van der Waals surface area contributed by atoms with Crippen LogP contribution in [0.5, 0.6) is 5.75 Å². The maximum absolute atomic E-state index is 12.0. The topological polar surface area (TPSA) is 61.4 Å². The first-order valence-electron chi connectivity index (χ1n) is 7.97. The summed E-state index contributed by atoms with van der Waals surface area (Å²) < 4.78 is 0. The molecular weight excluding hydrogens is 320 g/mol. The number of carbonyl (C=O) groups is 1. The molecule has 2 rings (SSSR count). The molecule has 0 bridgehead atoms. The lowest BCUT2D eigenvalue weighted by Gasteiger charge is -2.14. The number of anilines is 1. The smallest absolute Gasteiger partial charge is 0.230 e. The summed E-state index contributed by atoms with van der Waals surface area (Å²) in [6.45, 7) is 4.23. The lowest BCUT2D eigenvalue weighted by Crippen LogP contribution is -2.35. The summed E-state index contributed by atoms with van der Waals surface area (Å²) in [5.74, 6) is 0.283. The summed E-state index contributed by atoms with van der Waals surface area (Å²) in [5.41, 5.74) is 2.52. The third-order valence-electron chi connectivity index (χ3n) is 3.91. The highest BCUT2D eigenvalue weighted by Gasteiger charge is 2.10. The zero-order valence-electron chi connectivity index (χ0n) is 13.9. The lowest BCUT2D eigenvalue weighted by atomic mass is 9.98. The van der Waals surface area contributed by atoms with Gasteiger partial charge in [-0.2, -0.15) is 0 Å². The highest BCUT2D eigenvalue weighted by atomic mass is 32.1. The molecule has 24 heavy (non-hydrogen) atoms. The summed E-state index contributed by atoms with van der Waals surface area (Å²) >= 11 is 5.17. The Morgan fingerprint density at radius 1 is 1.21 bits per heavy atom. The number of carbonyl (C=O) groups excluding carboxylic acids is 1. The van der Waals surface area contributed by atoms with Crippen molar-refractivity contribution in [3.05, 3.63) is 59.7 Å². The number of nitrogens with one attached hydrogen (secondary N) is 2. The van der Waals surface area contributed by atoms with Gasteiger partial charge in [-0.1, -0.05) is 50.2 Å². The van der Waals surface area contributed by atoms with Crippen molar-refractivity contribution in [3.8, 4) is 5.75 Å². The minimum absolute atomic E-state index is 0.0988. The van der Waals surface area contributed by atoms with E-state index in [0.717, 1.165) is 17.5 Å². The van der Waals surface area contributed by atoms with Gasteiger partial charge in [0, 0.05) is 0 Å². The van der Waals surface area contributed by atoms with Crippen LogP contribution in [0.4, 0.5) is 5.69 Å². The van der Waals surface area contributed by atoms with E-state index in [2.05, 4.69) is 24.5 Å². The van der Waals surface area contributed by atoms with Crippen LogP contribution in [0.15, 0.2) is 48.5 Å². The summed E-state index contributed by atoms with van der Waals surface area (Å²) in [5, 5.41) is 15.7. The first kappa shape index (κ1) is 17.9. The molecule has 4 nitrogen and oxygen atoms in total. The number of rotatable bonds is 5. The van der Waals surface area contributed by atoms with E-state index in [0.29, 0.717) is 11.6 Å². The van der Waals surface area contributed by atoms with Crippen LogP contribution in [0.2, 0.25) is 0 Å². The van der Waals surface area contributed by atoms with Gasteiger partial charge >= 0.3 is 0 Å². The first-order valence-corrected chi connectivity index (χ1v) is 8.38. The van der Waals surface area contributed by atoms with Crippen molar-refractivity contribution in [2.75, 3.05) is 5.32 Å². The number of benzene rings is 2. The fourth-order valence-corrected chi connectivity index (χ4v) is 2.53. The molecule has 2 aromatic carbocycles. The average molecular weight is 342 g/mol. The van der Waals surface area contributed by atoms with Gasteiger partial charge in [-0.05, 0) is 47.8 Å². The Kier molecular flexibility index (Phi) is 6.32. The molecule has 0 aliphatic rings. The predicted octanol–water partition coefficient (Wildman–Crippen LogP) is 3.96. The summed E-state index contributed by atoms with van der Waals surface area (Å²) in [6, 6.07) is 14.8. The normalized spacial score (nSPS) is 11.6. The second kappa shape index (κ2) is 8.45. The predicted molar refractivity (Wildman–Crippen MR) is 101 cm³/mol. The highest BCUT2D eigenvalue weighted by molar-refractivity contribution is 7.80. The summed E-state index contributed by atoms with van der Waals surface area (Å²) in [6.07, 6.45) is 1.25. The number of aromatic hydroxyl groups is 1. The quantitative estimate of drug-likeness (QED) is 0.568. The number of thiocarbonyl (C=S) groups is 1. The van der Waals surface area contributed by atoms with E-state index in [1.54, 1.807) is 6.07 Å². The van der Waals surface area contributed by atoms with Crippen molar-refractivity contribution in [2.24, 2.45) is 0 Å². The minimum Gasteiger partial charge on any atom is -0.506 e. The SMILES string of the molecule is CC[C@@H](C)c1ccc(O)c(NC(=S)NC(=O)Cc2ccccc2)c1. The van der Waals surface area contributed by atoms with Crippen molar-refractivity contribution >= 4 is 28.9 Å². The number of amides is 1. The maximum atomic E-state index is 12.0. The maximum Gasteiger partial charge on any atom is 0.230 e. The number of hydrogen-bond acceptors (Lipinski definition) is 3. The van der Waals surface area contributed by atoms with Crippen LogP contribution in [-0.4, -0.2) is 16.1 Å². The van der Waals surface area contributed by atoms with Gasteiger partial charge in [0.25, 0.3) is 0 Å². The summed E-state index contributed by atoms with van der Waals surface area (Å²) in [7, 11) is 0. The monoisotopic (exact) mass is 342 g/mol. The second-order valence-corrected chi connectivity index (χ2v) is 6.16. The lowest BCUT2D eigenvalue weighted by molar-refractivity contribution is -0.119. The molecule has 2 aromatic rings. The molecule has 126 valence electrons. The molecule has 3 N–H and O–H groups in total. The van der Waals surface area contributed by atoms with Crippen molar-refractivity contribution in [1.29, 1.82) is 0 Å². The molecule has 0 radical (unpaired) electrons. The van der Waals surface area contributed by atoms with Crippen LogP contribution in [0, 0.1) is 0 Å². The highest BCUT2D eigenvalue weighted by Crippen LogP contribution is 2.28. The largest absolute Gasteiger partial charge is 0.506 e. The average Bonchev–Trinajstić information content (AvgIpc) is 2.56. The molecule has 0 aliphatic heterocycles. The van der Waals surface area contributed by atoms with Gasteiger partial charge in [-0.3, -0.25) is 4.79 Å². The molecule has 0 unspecified atom stereocenters. The zero-order chi connectivity index (χ0) is 17.5. The van der Waals surface area contributed by atoms with Crippen LogP contribution in [0.1, 0.15) is 37.3 Å². The van der Waals surface area contributed by atoms with Gasteiger partial charge in [0.2, 0.25) is 5.91 Å². The van der Waals surface area contributed by atoms with Crippen molar-refractivity contribution in [3.63, 3.8) is 0 Å². The Labute approximate surface area is 147 Å². The van der Waals surface area contributed by atoms with Crippen molar-refractivity contribution in [2.45, 2.75) is 32.6 Å². The van der Waals surface area contributed by atoms with Gasteiger partial charge in [-0.25, -0.2) is 0 Å². The van der Waals surface area contributed by atoms with E-state index >= 15 is 0 Å². The Hall–Kier alpha value is -2.40. The van der Waals surface area contributed by atoms with Crippen LogP contribution in [-0.2, 0) is 11.2 Å². The van der Waals surface area contributed by atoms with Crippen molar-refractivity contribution in [1.82, 2.24) is 5.32 Å². The van der Waals surface area contributed by atoms with Gasteiger partial charge in [-0.15, -0.1) is 0 Å². The molecular formula is C19H22N2O2S. The third-order valence-corrected chi connectivity index (χ3v) is 4.11. The van der Waals surface area contributed by atoms with Crippen LogP contribution in [0.25, 0.3) is 0 Å². The number of hydrogen-bond donors (Lipinski definition) is 3. The molecule has 1 amide bonds. The molecule has 0 fully saturated rings. The first-order chi connectivity index (χ1) is 11.5. The number of phenolic OH excluding ortho intramolecular Hbond substituents is 1. The fourth-order valence-electron chi connectivity index (χ4n) is 2.30. The molecule has 0 saturated carbocycles. The third kappa shape index (κ3) is 5.06. The fraction of sp³-hybridized carbons (Fsp3) is 0.263. The Balaban J connectivity index is 1.98. The van der Waals surface area contributed by atoms with Gasteiger partial charge < -0.3 is 15.7 Å². The molecule has 0 aromatic heterocycles. The van der Waals surface area contributed by atoms with Crippen LogP contribution in [0.3, 0.4) is 0 Å². The van der Waals surface area contributed by atoms with E-state index < -0.39 is 0 Å². The van der Waals surface area contributed by atoms with Gasteiger partial charge in [0.05, 0.1) is 12.1 Å². The second-order valence-electron chi connectivity index (χ2n) is 5.75. The number of phenols is 1. The van der Waals surface area contributed by atoms with Gasteiger partial charge in [0.1, 0.15) is 5.75 Å². The van der Waals surface area contributed by atoms with Gasteiger partial charge in [0.15, 0.2) is 5.11 Å². The zero-order valence-corrected chi connectivity index (χ0v) is 14.7. The van der Waals surface area contributed by atoms with Crippen LogP contribution < -0.4 is 10.6 Å². The van der Waals surface area contributed by atoms with E-state index in [1.807, 2.05) is 42.5 Å². The standard InChI is InChI=1S/C19H22N2O2S/c1-3-13(2)15-9-10-17(22)16(12-15)20-19(24)21-18(23)11-14-7-5-4-6-8-14/h4-10,12-13,22H,3,11H2,1-2H3,(H2,20,21,23,24)/t13-/m1/s1. The van der Waals surface area contributed by atoms with Crippen molar-refractivity contribution < 1.29 is 9.90 Å². The molecule has 0 saturated heterocycles. The summed E-state index contributed by atoms with van der Waals surface area (Å²) in [4.78, 5) is 12.0. The van der Waals surface area contributed by atoms with Crippen LogP contribution >= 0.6 is 12.2 Å². The molecule has 0 heterocycles.